The van der Waals surface area contributed by atoms with Crippen molar-refractivity contribution >= 4 is 5.78 Å². The predicted octanol–water partition coefficient (Wildman–Crippen LogP) is 4.30. The van der Waals surface area contributed by atoms with Crippen molar-refractivity contribution in [3.63, 3.8) is 0 Å². The summed E-state index contributed by atoms with van der Waals surface area (Å²) in [6, 6.07) is 16.8. The Hall–Kier alpha value is -1.89. The highest BCUT2D eigenvalue weighted by Crippen LogP contribution is 2.10. The van der Waals surface area contributed by atoms with Crippen LogP contribution in [0.2, 0.25) is 0 Å². The molecule has 1 nitrogen and oxygen atoms in total. The molecule has 0 bridgehead atoms. The van der Waals surface area contributed by atoms with Crippen molar-refractivity contribution in [1.82, 2.24) is 0 Å². The molecule has 0 unspecified atom stereocenters. The molecule has 0 atom stereocenters. The van der Waals surface area contributed by atoms with Gasteiger partial charge in [-0.3, -0.25) is 4.79 Å². The van der Waals surface area contributed by atoms with E-state index in [2.05, 4.69) is 62.4 Å². The molecule has 1 heteroatoms. The van der Waals surface area contributed by atoms with Crippen molar-refractivity contribution in [1.29, 1.82) is 0 Å². The number of carbonyl (C=O) groups is 1. The van der Waals surface area contributed by atoms with Crippen LogP contribution in [-0.2, 0) is 24.1 Å². The van der Waals surface area contributed by atoms with Crippen molar-refractivity contribution in [2.45, 2.75) is 39.5 Å². The molecular formula is C19H22O. The zero-order chi connectivity index (χ0) is 14.4. The van der Waals surface area contributed by atoms with Gasteiger partial charge < -0.3 is 0 Å². The summed E-state index contributed by atoms with van der Waals surface area (Å²) in [5, 5.41) is 0. The highest BCUT2D eigenvalue weighted by molar-refractivity contribution is 5.81. The first-order valence-corrected chi connectivity index (χ1v) is 7.32. The maximum Gasteiger partial charge on any atom is 0.137 e. The zero-order valence-corrected chi connectivity index (χ0v) is 12.4. The molecule has 0 saturated carbocycles. The van der Waals surface area contributed by atoms with Crippen LogP contribution in [0.25, 0.3) is 0 Å². The Morgan fingerprint density at radius 2 is 1.40 bits per heavy atom. The monoisotopic (exact) mass is 266 g/mol. The third kappa shape index (κ3) is 4.34. The Morgan fingerprint density at radius 3 is 2.00 bits per heavy atom. The standard InChI is InChI=1S/C19H22O/c1-3-16-8-10-18(11-9-16)14-19(20)13-12-17-6-4-15(2)5-7-17/h4-11H,3,12-14H2,1-2H3. The van der Waals surface area contributed by atoms with Crippen molar-refractivity contribution < 1.29 is 4.79 Å². The van der Waals surface area contributed by atoms with Gasteiger partial charge in [-0.1, -0.05) is 61.0 Å². The van der Waals surface area contributed by atoms with Gasteiger partial charge in [0.1, 0.15) is 5.78 Å². The van der Waals surface area contributed by atoms with E-state index in [1.54, 1.807) is 0 Å². The number of hydrogen-bond donors (Lipinski definition) is 0. The number of carbonyl (C=O) groups excluding carboxylic acids is 1. The van der Waals surface area contributed by atoms with Crippen molar-refractivity contribution in [2.75, 3.05) is 0 Å². The van der Waals surface area contributed by atoms with Crippen LogP contribution in [-0.4, -0.2) is 5.78 Å². The van der Waals surface area contributed by atoms with E-state index in [0.29, 0.717) is 18.6 Å². The summed E-state index contributed by atoms with van der Waals surface area (Å²) in [4.78, 5) is 12.0. The second kappa shape index (κ2) is 7.04. The summed E-state index contributed by atoms with van der Waals surface area (Å²) < 4.78 is 0. The lowest BCUT2D eigenvalue weighted by atomic mass is 10.0. The van der Waals surface area contributed by atoms with E-state index in [1.807, 2.05) is 0 Å². The van der Waals surface area contributed by atoms with Crippen molar-refractivity contribution in [3.8, 4) is 0 Å². The third-order valence-corrected chi connectivity index (χ3v) is 3.65. The first-order chi connectivity index (χ1) is 9.67. The van der Waals surface area contributed by atoms with Gasteiger partial charge in [0.25, 0.3) is 0 Å². The van der Waals surface area contributed by atoms with Crippen LogP contribution in [0.1, 0.15) is 35.6 Å². The van der Waals surface area contributed by atoms with Crippen LogP contribution in [0.5, 0.6) is 0 Å². The molecule has 20 heavy (non-hydrogen) atoms. The highest BCUT2D eigenvalue weighted by atomic mass is 16.1. The quantitative estimate of drug-likeness (QED) is 0.761. The van der Waals surface area contributed by atoms with Gasteiger partial charge in [0.2, 0.25) is 0 Å². The molecule has 0 N–H and O–H groups in total. The molecule has 2 aromatic carbocycles. The Balaban J connectivity index is 1.84. The van der Waals surface area contributed by atoms with Crippen LogP contribution < -0.4 is 0 Å². The van der Waals surface area contributed by atoms with E-state index >= 15 is 0 Å². The summed E-state index contributed by atoms with van der Waals surface area (Å²) in [7, 11) is 0. The van der Waals surface area contributed by atoms with Gasteiger partial charge in [-0.2, -0.15) is 0 Å². The normalized spacial score (nSPS) is 10.5. The number of benzene rings is 2. The van der Waals surface area contributed by atoms with E-state index in [9.17, 15) is 4.79 Å². The Morgan fingerprint density at radius 1 is 0.850 bits per heavy atom. The van der Waals surface area contributed by atoms with Crippen LogP contribution in [0.3, 0.4) is 0 Å². The molecular weight excluding hydrogens is 244 g/mol. The largest absolute Gasteiger partial charge is 0.299 e. The van der Waals surface area contributed by atoms with Gasteiger partial charge in [-0.15, -0.1) is 0 Å². The van der Waals surface area contributed by atoms with E-state index in [-0.39, 0.29) is 0 Å². The lowest BCUT2D eigenvalue weighted by Gasteiger charge is -2.04. The summed E-state index contributed by atoms with van der Waals surface area (Å²) in [6.45, 7) is 4.22. The number of rotatable bonds is 6. The third-order valence-electron chi connectivity index (χ3n) is 3.65. The Kier molecular flexibility index (Phi) is 5.11. The molecule has 0 fully saturated rings. The SMILES string of the molecule is CCc1ccc(CC(=O)CCc2ccc(C)cc2)cc1. The fourth-order valence-electron chi connectivity index (χ4n) is 2.25. The topological polar surface area (TPSA) is 17.1 Å². The van der Waals surface area contributed by atoms with Gasteiger partial charge in [0.05, 0.1) is 0 Å². The number of aryl methyl sites for hydroxylation is 3. The molecule has 2 rings (SSSR count). The maximum absolute atomic E-state index is 12.0. The highest BCUT2D eigenvalue weighted by Gasteiger charge is 2.04. The minimum Gasteiger partial charge on any atom is -0.299 e. The molecule has 2 aromatic rings. The molecule has 0 saturated heterocycles. The average Bonchev–Trinajstić information content (AvgIpc) is 2.47. The van der Waals surface area contributed by atoms with Crippen LogP contribution in [0, 0.1) is 6.92 Å². The molecule has 0 aliphatic heterocycles. The van der Waals surface area contributed by atoms with Crippen LogP contribution in [0.15, 0.2) is 48.5 Å². The van der Waals surface area contributed by atoms with Crippen LogP contribution in [0.4, 0.5) is 0 Å². The van der Waals surface area contributed by atoms with Crippen molar-refractivity contribution in [2.24, 2.45) is 0 Å². The average molecular weight is 266 g/mol. The first kappa shape index (κ1) is 14.5. The first-order valence-electron chi connectivity index (χ1n) is 7.32. The lowest BCUT2D eigenvalue weighted by molar-refractivity contribution is -0.118. The second-order valence-electron chi connectivity index (χ2n) is 5.37. The fourth-order valence-corrected chi connectivity index (χ4v) is 2.25. The van der Waals surface area contributed by atoms with Gasteiger partial charge in [-0.25, -0.2) is 0 Å². The number of ketones is 1. The Bertz CT molecular complexity index is 549. The van der Waals surface area contributed by atoms with Gasteiger partial charge in [0, 0.05) is 12.8 Å². The second-order valence-corrected chi connectivity index (χ2v) is 5.37. The molecule has 0 spiro atoms. The number of Topliss-reactive ketones (excluding diaryl/α,β-unsaturated/α-hetero) is 1. The summed E-state index contributed by atoms with van der Waals surface area (Å²) in [5.74, 6) is 0.315. The minimum atomic E-state index is 0.315. The fraction of sp³-hybridized carbons (Fsp3) is 0.316. The van der Waals surface area contributed by atoms with Gasteiger partial charge in [-0.05, 0) is 36.5 Å². The van der Waals surface area contributed by atoms with Gasteiger partial charge in [0.15, 0.2) is 0 Å². The van der Waals surface area contributed by atoms with E-state index in [4.69, 9.17) is 0 Å². The summed E-state index contributed by atoms with van der Waals surface area (Å²) in [6.07, 6.45) is 3.06. The van der Waals surface area contributed by atoms with Crippen molar-refractivity contribution in [3.05, 3.63) is 70.8 Å². The molecule has 0 aliphatic carbocycles. The molecule has 0 amide bonds. The maximum atomic E-state index is 12.0. The number of hydrogen-bond acceptors (Lipinski definition) is 1. The molecule has 0 aliphatic rings. The smallest absolute Gasteiger partial charge is 0.137 e. The van der Waals surface area contributed by atoms with E-state index in [0.717, 1.165) is 18.4 Å². The molecule has 0 aromatic heterocycles. The van der Waals surface area contributed by atoms with E-state index in [1.165, 1.54) is 16.7 Å². The van der Waals surface area contributed by atoms with Crippen LogP contribution >= 0.6 is 0 Å². The molecule has 0 radical (unpaired) electrons. The van der Waals surface area contributed by atoms with E-state index < -0.39 is 0 Å². The Labute approximate surface area is 121 Å². The molecule has 104 valence electrons. The molecule has 0 heterocycles. The predicted molar refractivity (Wildman–Crippen MR) is 84.0 cm³/mol. The lowest BCUT2D eigenvalue weighted by Crippen LogP contribution is -2.04. The summed E-state index contributed by atoms with van der Waals surface area (Å²) >= 11 is 0. The zero-order valence-electron chi connectivity index (χ0n) is 12.4. The minimum absolute atomic E-state index is 0.315. The summed E-state index contributed by atoms with van der Waals surface area (Å²) in [5.41, 5.74) is 4.94. The van der Waals surface area contributed by atoms with Gasteiger partial charge >= 0.3 is 0 Å².